The van der Waals surface area contributed by atoms with Crippen LogP contribution in [0.4, 0.5) is 5.69 Å². The molecule has 23 heavy (non-hydrogen) atoms. The van der Waals surface area contributed by atoms with Crippen molar-refractivity contribution in [3.8, 4) is 0 Å². The van der Waals surface area contributed by atoms with Crippen molar-refractivity contribution in [3.05, 3.63) is 40.0 Å². The van der Waals surface area contributed by atoms with Crippen LogP contribution in [-0.2, 0) is 17.9 Å². The van der Waals surface area contributed by atoms with Crippen molar-refractivity contribution < 1.29 is 9.72 Å². The predicted octanol–water partition coefficient (Wildman–Crippen LogP) is 1.58. The highest BCUT2D eigenvalue weighted by atomic mass is 16.6. The van der Waals surface area contributed by atoms with Crippen LogP contribution in [0.15, 0.2) is 18.6 Å². The molecule has 0 bridgehead atoms. The van der Waals surface area contributed by atoms with Gasteiger partial charge in [0.1, 0.15) is 18.4 Å². The first-order valence-corrected chi connectivity index (χ1v) is 7.45. The molecule has 124 valence electrons. The normalized spacial score (nSPS) is 12.1. The van der Waals surface area contributed by atoms with Crippen LogP contribution in [-0.4, -0.2) is 30.4 Å². The summed E-state index contributed by atoms with van der Waals surface area (Å²) < 4.78 is 3.14. The Morgan fingerprint density at radius 3 is 2.70 bits per heavy atom. The maximum absolute atomic E-state index is 12.3. The van der Waals surface area contributed by atoms with Crippen LogP contribution >= 0.6 is 0 Å². The van der Waals surface area contributed by atoms with E-state index in [1.54, 1.807) is 0 Å². The zero-order valence-corrected chi connectivity index (χ0v) is 13.4. The second kappa shape index (κ2) is 7.03. The number of nitro groups is 1. The van der Waals surface area contributed by atoms with Crippen molar-refractivity contribution in [1.82, 2.24) is 24.9 Å². The van der Waals surface area contributed by atoms with Crippen molar-refractivity contribution >= 4 is 11.6 Å². The number of aryl methyl sites for hydroxylation is 2. The molecule has 2 aromatic rings. The van der Waals surface area contributed by atoms with E-state index in [1.807, 2.05) is 31.6 Å². The van der Waals surface area contributed by atoms with Crippen molar-refractivity contribution in [3.63, 3.8) is 0 Å². The van der Waals surface area contributed by atoms with E-state index in [1.165, 1.54) is 10.9 Å². The van der Waals surface area contributed by atoms with E-state index in [0.29, 0.717) is 13.0 Å². The van der Waals surface area contributed by atoms with Crippen LogP contribution < -0.4 is 5.32 Å². The van der Waals surface area contributed by atoms with Crippen LogP contribution in [0.25, 0.3) is 0 Å². The molecule has 2 rings (SSSR count). The van der Waals surface area contributed by atoms with Gasteiger partial charge in [-0.2, -0.15) is 10.2 Å². The lowest BCUT2D eigenvalue weighted by atomic mass is 10.2. The third kappa shape index (κ3) is 3.74. The summed E-state index contributed by atoms with van der Waals surface area (Å²) in [6.07, 6.45) is 4.80. The standard InChI is InChI=1S/C14H20N6O3/c1-4-13(19-9-12(7-16-19)20(22)23)14(21)15-6-11-8-18(5-2)17-10(11)3/h7-9,13H,4-6H2,1-3H3,(H,15,21). The number of nitrogens with zero attached hydrogens (tertiary/aromatic N) is 5. The molecule has 1 atom stereocenters. The lowest BCUT2D eigenvalue weighted by Gasteiger charge is -2.14. The second-order valence-electron chi connectivity index (χ2n) is 5.17. The van der Waals surface area contributed by atoms with Crippen LogP contribution in [0.3, 0.4) is 0 Å². The highest BCUT2D eigenvalue weighted by Gasteiger charge is 2.22. The quantitative estimate of drug-likeness (QED) is 0.615. The lowest BCUT2D eigenvalue weighted by Crippen LogP contribution is -2.32. The molecule has 2 heterocycles. The van der Waals surface area contributed by atoms with Crippen LogP contribution in [0.1, 0.15) is 37.6 Å². The first-order valence-electron chi connectivity index (χ1n) is 7.45. The van der Waals surface area contributed by atoms with Gasteiger partial charge >= 0.3 is 5.69 Å². The monoisotopic (exact) mass is 320 g/mol. The van der Waals surface area contributed by atoms with E-state index in [0.717, 1.165) is 24.0 Å². The third-order valence-corrected chi connectivity index (χ3v) is 3.63. The van der Waals surface area contributed by atoms with Gasteiger partial charge in [0.15, 0.2) is 0 Å². The van der Waals surface area contributed by atoms with Crippen molar-refractivity contribution in [2.75, 3.05) is 0 Å². The summed E-state index contributed by atoms with van der Waals surface area (Å²) in [6.45, 7) is 6.85. The van der Waals surface area contributed by atoms with Gasteiger partial charge in [0, 0.05) is 24.8 Å². The fraction of sp³-hybridized carbons (Fsp3) is 0.500. The number of amides is 1. The van der Waals surface area contributed by atoms with Crippen LogP contribution in [0.5, 0.6) is 0 Å². The summed E-state index contributed by atoms with van der Waals surface area (Å²) >= 11 is 0. The maximum atomic E-state index is 12.3. The molecule has 1 amide bonds. The highest BCUT2D eigenvalue weighted by molar-refractivity contribution is 5.80. The molecule has 0 saturated carbocycles. The summed E-state index contributed by atoms with van der Waals surface area (Å²) in [4.78, 5) is 22.5. The minimum absolute atomic E-state index is 0.128. The van der Waals surface area contributed by atoms with Crippen molar-refractivity contribution in [2.45, 2.75) is 46.3 Å². The molecular weight excluding hydrogens is 300 g/mol. The van der Waals surface area contributed by atoms with E-state index in [-0.39, 0.29) is 11.6 Å². The molecule has 0 spiro atoms. The minimum atomic E-state index is -0.578. The van der Waals surface area contributed by atoms with E-state index in [2.05, 4.69) is 15.5 Å². The first kappa shape index (κ1) is 16.7. The van der Waals surface area contributed by atoms with Gasteiger partial charge in [-0.25, -0.2) is 0 Å². The van der Waals surface area contributed by atoms with Gasteiger partial charge in [0.05, 0.1) is 10.6 Å². The Labute approximate surface area is 133 Å². The fourth-order valence-electron chi connectivity index (χ4n) is 2.28. The average Bonchev–Trinajstić information content (AvgIpc) is 3.13. The summed E-state index contributed by atoms with van der Waals surface area (Å²) in [5, 5.41) is 21.8. The van der Waals surface area contributed by atoms with Gasteiger partial charge < -0.3 is 5.32 Å². The molecule has 2 aromatic heterocycles. The Morgan fingerprint density at radius 2 is 2.17 bits per heavy atom. The van der Waals surface area contributed by atoms with Gasteiger partial charge in [-0.1, -0.05) is 6.92 Å². The Bertz CT molecular complexity index is 705. The van der Waals surface area contributed by atoms with Gasteiger partial charge in [-0.05, 0) is 20.3 Å². The molecule has 0 aliphatic heterocycles. The molecule has 0 saturated heterocycles. The number of carbonyl (C=O) groups excluding carboxylic acids is 1. The van der Waals surface area contributed by atoms with Gasteiger partial charge in [0.25, 0.3) is 0 Å². The van der Waals surface area contributed by atoms with E-state index < -0.39 is 11.0 Å². The van der Waals surface area contributed by atoms with Crippen molar-refractivity contribution in [2.24, 2.45) is 0 Å². The predicted molar refractivity (Wildman–Crippen MR) is 82.7 cm³/mol. The molecule has 0 radical (unpaired) electrons. The van der Waals surface area contributed by atoms with E-state index in [4.69, 9.17) is 0 Å². The molecule has 1 N–H and O–H groups in total. The summed E-state index contributed by atoms with van der Waals surface area (Å²) in [7, 11) is 0. The molecule has 0 aliphatic carbocycles. The number of aromatic nitrogens is 4. The number of hydrogen-bond acceptors (Lipinski definition) is 5. The van der Waals surface area contributed by atoms with Gasteiger partial charge in [0.2, 0.25) is 5.91 Å². The molecule has 9 nitrogen and oxygen atoms in total. The van der Waals surface area contributed by atoms with Gasteiger partial charge in [-0.3, -0.25) is 24.3 Å². The summed E-state index contributed by atoms with van der Waals surface area (Å²) in [5.74, 6) is -0.228. The molecular formula is C14H20N6O3. The Hall–Kier alpha value is -2.71. The number of hydrogen-bond donors (Lipinski definition) is 1. The smallest absolute Gasteiger partial charge is 0.307 e. The Kier molecular flexibility index (Phi) is 5.09. The molecule has 1 unspecified atom stereocenters. The SMILES string of the molecule is CCC(C(=O)NCc1cn(CC)nc1C)n1cc([N+](=O)[O-])cn1. The minimum Gasteiger partial charge on any atom is -0.350 e. The molecule has 0 aliphatic rings. The topological polar surface area (TPSA) is 108 Å². The van der Waals surface area contributed by atoms with Crippen LogP contribution in [0.2, 0.25) is 0 Å². The average molecular weight is 320 g/mol. The molecule has 9 heteroatoms. The first-order chi connectivity index (χ1) is 11.0. The zero-order valence-electron chi connectivity index (χ0n) is 13.4. The lowest BCUT2D eigenvalue weighted by molar-refractivity contribution is -0.385. The molecule has 0 fully saturated rings. The third-order valence-electron chi connectivity index (χ3n) is 3.63. The van der Waals surface area contributed by atoms with E-state index >= 15 is 0 Å². The number of nitrogens with one attached hydrogen (secondary N) is 1. The number of carbonyl (C=O) groups is 1. The largest absolute Gasteiger partial charge is 0.350 e. The van der Waals surface area contributed by atoms with E-state index in [9.17, 15) is 14.9 Å². The highest BCUT2D eigenvalue weighted by Crippen LogP contribution is 2.16. The molecule has 0 aromatic carbocycles. The maximum Gasteiger partial charge on any atom is 0.307 e. The van der Waals surface area contributed by atoms with Crippen LogP contribution in [0, 0.1) is 17.0 Å². The zero-order chi connectivity index (χ0) is 17.0. The van der Waals surface area contributed by atoms with Crippen molar-refractivity contribution in [1.29, 1.82) is 0 Å². The summed E-state index contributed by atoms with van der Waals surface area (Å²) in [6, 6.07) is -0.578. The summed E-state index contributed by atoms with van der Waals surface area (Å²) in [5.41, 5.74) is 1.69. The Morgan fingerprint density at radius 1 is 1.43 bits per heavy atom. The number of rotatable bonds is 7. The Balaban J connectivity index is 2.04. The second-order valence-corrected chi connectivity index (χ2v) is 5.17. The van der Waals surface area contributed by atoms with Gasteiger partial charge in [-0.15, -0.1) is 0 Å². The fourth-order valence-corrected chi connectivity index (χ4v) is 2.28.